The SMILES string of the molecule is COc1cc(Cl)c([C@@H](Nc2ccccn2)c2cc(Cl)c3cccnc3c2O)cc1OC. The first-order valence-electron chi connectivity index (χ1n) is 9.38. The van der Waals surface area contributed by atoms with E-state index in [4.69, 9.17) is 32.7 Å². The minimum Gasteiger partial charge on any atom is -0.505 e. The predicted octanol–water partition coefficient (Wildman–Crippen LogP) is 5.86. The summed E-state index contributed by atoms with van der Waals surface area (Å²) in [5, 5.41) is 16.0. The number of phenolic OH excluding ortho intramolecular Hbond substituents is 1. The minimum absolute atomic E-state index is 0.000664. The molecule has 1 atom stereocenters. The summed E-state index contributed by atoms with van der Waals surface area (Å²) in [7, 11) is 3.09. The summed E-state index contributed by atoms with van der Waals surface area (Å²) in [6, 6.07) is 13.6. The molecule has 6 nitrogen and oxygen atoms in total. The van der Waals surface area contributed by atoms with Gasteiger partial charge in [-0.1, -0.05) is 29.3 Å². The molecule has 2 aromatic heterocycles. The van der Waals surface area contributed by atoms with Gasteiger partial charge in [-0.15, -0.1) is 0 Å². The molecule has 158 valence electrons. The van der Waals surface area contributed by atoms with Crippen LogP contribution < -0.4 is 14.8 Å². The number of methoxy groups -OCH3 is 2. The van der Waals surface area contributed by atoms with E-state index in [1.807, 2.05) is 18.2 Å². The number of pyridine rings is 2. The number of halogens is 2. The third-order valence-corrected chi connectivity index (χ3v) is 5.57. The van der Waals surface area contributed by atoms with Crippen LogP contribution in [0.3, 0.4) is 0 Å². The van der Waals surface area contributed by atoms with E-state index < -0.39 is 6.04 Å². The van der Waals surface area contributed by atoms with Crippen LogP contribution in [-0.2, 0) is 0 Å². The highest BCUT2D eigenvalue weighted by Gasteiger charge is 2.25. The van der Waals surface area contributed by atoms with Gasteiger partial charge in [-0.05, 0) is 36.4 Å². The first-order chi connectivity index (χ1) is 15.0. The Bertz CT molecular complexity index is 1240. The van der Waals surface area contributed by atoms with Crippen molar-refractivity contribution in [2.75, 3.05) is 19.5 Å². The van der Waals surface area contributed by atoms with Gasteiger partial charge in [0.25, 0.3) is 0 Å². The maximum atomic E-state index is 11.1. The fourth-order valence-electron chi connectivity index (χ4n) is 3.44. The van der Waals surface area contributed by atoms with Crippen LogP contribution in [0.1, 0.15) is 17.2 Å². The average molecular weight is 456 g/mol. The Morgan fingerprint density at radius 1 is 0.871 bits per heavy atom. The molecule has 0 aliphatic rings. The number of anilines is 1. The van der Waals surface area contributed by atoms with Gasteiger partial charge in [0.2, 0.25) is 0 Å². The molecule has 2 aromatic carbocycles. The molecular formula is C23H19Cl2N3O3. The van der Waals surface area contributed by atoms with Crippen molar-refractivity contribution in [3.63, 3.8) is 0 Å². The zero-order valence-corrected chi connectivity index (χ0v) is 18.3. The molecular weight excluding hydrogens is 437 g/mol. The molecule has 0 radical (unpaired) electrons. The van der Waals surface area contributed by atoms with Gasteiger partial charge in [-0.3, -0.25) is 4.98 Å². The first-order valence-corrected chi connectivity index (χ1v) is 10.1. The average Bonchev–Trinajstić information content (AvgIpc) is 2.80. The highest BCUT2D eigenvalue weighted by Crippen LogP contribution is 2.43. The number of hydrogen-bond donors (Lipinski definition) is 2. The molecule has 0 amide bonds. The summed E-state index contributed by atoms with van der Waals surface area (Å²) in [5.41, 5.74) is 1.54. The number of aromatic hydroxyl groups is 1. The highest BCUT2D eigenvalue weighted by atomic mass is 35.5. The summed E-state index contributed by atoms with van der Waals surface area (Å²) in [5.74, 6) is 1.59. The zero-order valence-electron chi connectivity index (χ0n) is 16.8. The Morgan fingerprint density at radius 2 is 1.61 bits per heavy atom. The zero-order chi connectivity index (χ0) is 22.0. The summed E-state index contributed by atoms with van der Waals surface area (Å²) in [6.07, 6.45) is 3.27. The Kier molecular flexibility index (Phi) is 6.02. The van der Waals surface area contributed by atoms with Gasteiger partial charge >= 0.3 is 0 Å². The fourth-order valence-corrected chi connectivity index (χ4v) is 3.97. The summed E-state index contributed by atoms with van der Waals surface area (Å²) < 4.78 is 10.8. The second-order valence-electron chi connectivity index (χ2n) is 6.72. The Hall–Kier alpha value is -3.22. The molecule has 4 aromatic rings. The quantitative estimate of drug-likeness (QED) is 0.379. The van der Waals surface area contributed by atoms with Crippen LogP contribution in [0.15, 0.2) is 60.9 Å². The summed E-state index contributed by atoms with van der Waals surface area (Å²) in [6.45, 7) is 0. The van der Waals surface area contributed by atoms with Gasteiger partial charge in [0.1, 0.15) is 17.1 Å². The number of nitrogens with zero attached hydrogens (tertiary/aromatic N) is 2. The van der Waals surface area contributed by atoms with E-state index in [1.54, 1.807) is 49.8 Å². The number of ether oxygens (including phenoxy) is 2. The lowest BCUT2D eigenvalue weighted by molar-refractivity contribution is 0.354. The Labute approximate surface area is 189 Å². The van der Waals surface area contributed by atoms with Gasteiger partial charge < -0.3 is 19.9 Å². The summed E-state index contributed by atoms with van der Waals surface area (Å²) >= 11 is 13.2. The number of hydrogen-bond acceptors (Lipinski definition) is 6. The maximum absolute atomic E-state index is 11.1. The molecule has 8 heteroatoms. The molecule has 4 rings (SSSR count). The predicted molar refractivity (Wildman–Crippen MR) is 123 cm³/mol. The lowest BCUT2D eigenvalue weighted by atomic mass is 9.95. The van der Waals surface area contributed by atoms with E-state index >= 15 is 0 Å². The highest BCUT2D eigenvalue weighted by molar-refractivity contribution is 6.35. The lowest BCUT2D eigenvalue weighted by Crippen LogP contribution is -2.15. The van der Waals surface area contributed by atoms with Crippen molar-refractivity contribution in [2.45, 2.75) is 6.04 Å². The second-order valence-corrected chi connectivity index (χ2v) is 7.53. The minimum atomic E-state index is -0.605. The standard InChI is InChI=1S/C23H19Cl2N3O3/c1-30-18-11-14(17(25)12-19(18)31-2)21(28-20-7-3-4-8-26-20)15-10-16(24)13-6-5-9-27-22(13)23(15)29/h3-12,21,29H,1-2H3,(H,26,28)/t21-/m1/s1. The molecule has 2 N–H and O–H groups in total. The van der Waals surface area contributed by atoms with Crippen LogP contribution in [0.4, 0.5) is 5.82 Å². The molecule has 0 unspecified atom stereocenters. The molecule has 0 spiro atoms. The van der Waals surface area contributed by atoms with Crippen molar-refractivity contribution in [1.29, 1.82) is 0 Å². The van der Waals surface area contributed by atoms with E-state index in [2.05, 4.69) is 15.3 Å². The normalized spacial score (nSPS) is 11.9. The Morgan fingerprint density at radius 3 is 2.32 bits per heavy atom. The third-order valence-electron chi connectivity index (χ3n) is 4.93. The van der Waals surface area contributed by atoms with Crippen LogP contribution in [0, 0.1) is 0 Å². The van der Waals surface area contributed by atoms with Crippen molar-refractivity contribution in [3.8, 4) is 17.2 Å². The smallest absolute Gasteiger partial charge is 0.162 e. The van der Waals surface area contributed by atoms with Gasteiger partial charge in [-0.2, -0.15) is 0 Å². The molecule has 0 aliphatic carbocycles. The first kappa shape index (κ1) is 21.0. The molecule has 0 saturated heterocycles. The van der Waals surface area contributed by atoms with Crippen molar-refractivity contribution >= 4 is 39.9 Å². The van der Waals surface area contributed by atoms with Crippen molar-refractivity contribution < 1.29 is 14.6 Å². The molecule has 0 aliphatic heterocycles. The van der Waals surface area contributed by atoms with Crippen molar-refractivity contribution in [1.82, 2.24) is 9.97 Å². The van der Waals surface area contributed by atoms with Crippen LogP contribution in [0.25, 0.3) is 10.9 Å². The fraction of sp³-hybridized carbons (Fsp3) is 0.130. The van der Waals surface area contributed by atoms with Crippen molar-refractivity contribution in [2.24, 2.45) is 0 Å². The van der Waals surface area contributed by atoms with Crippen LogP contribution in [-0.4, -0.2) is 29.3 Å². The number of phenols is 1. The van der Waals surface area contributed by atoms with Crippen molar-refractivity contribution in [3.05, 3.63) is 82.1 Å². The summed E-state index contributed by atoms with van der Waals surface area (Å²) in [4.78, 5) is 8.66. The molecule has 0 saturated carbocycles. The maximum Gasteiger partial charge on any atom is 0.162 e. The number of nitrogens with one attached hydrogen (secondary N) is 1. The Balaban J connectivity index is 1.95. The largest absolute Gasteiger partial charge is 0.505 e. The van der Waals surface area contributed by atoms with E-state index in [-0.39, 0.29) is 5.75 Å². The number of aromatic nitrogens is 2. The van der Waals surface area contributed by atoms with Gasteiger partial charge in [0.05, 0.1) is 30.3 Å². The second kappa shape index (κ2) is 8.88. The van der Waals surface area contributed by atoms with E-state index in [0.717, 1.165) is 0 Å². The van der Waals surface area contributed by atoms with E-state index in [1.165, 1.54) is 7.11 Å². The molecule has 31 heavy (non-hydrogen) atoms. The van der Waals surface area contributed by atoms with Gasteiger partial charge in [0, 0.05) is 35.0 Å². The monoisotopic (exact) mass is 455 g/mol. The van der Waals surface area contributed by atoms with Gasteiger partial charge in [0.15, 0.2) is 11.5 Å². The number of rotatable bonds is 6. The van der Waals surface area contributed by atoms with E-state index in [9.17, 15) is 5.11 Å². The van der Waals surface area contributed by atoms with Gasteiger partial charge in [-0.25, -0.2) is 4.98 Å². The van der Waals surface area contributed by atoms with Crippen LogP contribution in [0.5, 0.6) is 17.2 Å². The molecule has 2 heterocycles. The topological polar surface area (TPSA) is 76.5 Å². The van der Waals surface area contributed by atoms with Crippen LogP contribution >= 0.6 is 23.2 Å². The van der Waals surface area contributed by atoms with Crippen LogP contribution in [0.2, 0.25) is 10.0 Å². The molecule has 0 fully saturated rings. The van der Waals surface area contributed by atoms with E-state index in [0.29, 0.717) is 49.4 Å². The number of benzene rings is 2. The lowest BCUT2D eigenvalue weighted by Gasteiger charge is -2.24. The third kappa shape index (κ3) is 4.04. The molecule has 0 bridgehead atoms. The number of fused-ring (bicyclic) bond motifs is 1.